The Bertz CT molecular complexity index is 1300. The predicted molar refractivity (Wildman–Crippen MR) is 152 cm³/mol. The van der Waals surface area contributed by atoms with Gasteiger partial charge in [-0.15, -0.1) is 0 Å². The zero-order chi connectivity index (χ0) is 28.3. The summed E-state index contributed by atoms with van der Waals surface area (Å²) in [5.74, 6) is 1.60. The highest BCUT2D eigenvalue weighted by Crippen LogP contribution is 2.48. The average molecular weight is 553 g/mol. The van der Waals surface area contributed by atoms with Crippen molar-refractivity contribution in [2.45, 2.75) is 52.6 Å². The van der Waals surface area contributed by atoms with E-state index in [1.54, 1.807) is 32.2 Å². The van der Waals surface area contributed by atoms with Crippen molar-refractivity contribution in [1.29, 1.82) is 5.26 Å². The third kappa shape index (κ3) is 6.19. The van der Waals surface area contributed by atoms with Crippen LogP contribution in [0.25, 0.3) is 17.0 Å². The molecule has 2 heterocycles. The van der Waals surface area contributed by atoms with E-state index in [1.807, 2.05) is 6.92 Å². The number of aliphatic hydroxyl groups excluding tert-OH is 1. The molecule has 208 valence electrons. The van der Waals surface area contributed by atoms with Gasteiger partial charge in [-0.1, -0.05) is 11.6 Å². The lowest BCUT2D eigenvalue weighted by Gasteiger charge is -2.54. The molecule has 1 aliphatic carbocycles. The number of aromatic nitrogens is 2. The van der Waals surface area contributed by atoms with E-state index in [0.29, 0.717) is 45.7 Å². The van der Waals surface area contributed by atoms with Crippen LogP contribution >= 0.6 is 11.6 Å². The summed E-state index contributed by atoms with van der Waals surface area (Å²) in [6.07, 6.45) is 3.24. The van der Waals surface area contributed by atoms with Crippen molar-refractivity contribution >= 4 is 28.8 Å². The number of carbonyl (C=O) groups excluding carboxylic acids is 1. The number of rotatable bonds is 9. The minimum Gasteiger partial charge on any atom is -0.491 e. The molecular formula is C29H37ClN6O3. The lowest BCUT2D eigenvalue weighted by atomic mass is 9.66. The fraction of sp³-hybridized carbons (Fsp3) is 0.517. The molecule has 0 unspecified atom stereocenters. The Morgan fingerprint density at radius 2 is 2.03 bits per heavy atom. The summed E-state index contributed by atoms with van der Waals surface area (Å²) in [6, 6.07) is 7.61. The molecule has 2 aromatic rings. The summed E-state index contributed by atoms with van der Waals surface area (Å²) in [6.45, 7) is 7.28. The summed E-state index contributed by atoms with van der Waals surface area (Å²) in [5, 5.41) is 22.7. The van der Waals surface area contributed by atoms with Crippen molar-refractivity contribution < 1.29 is 14.6 Å². The van der Waals surface area contributed by atoms with Gasteiger partial charge in [0.2, 0.25) is 0 Å². The van der Waals surface area contributed by atoms with Crippen LogP contribution in [0.3, 0.4) is 0 Å². The molecule has 9 nitrogen and oxygen atoms in total. The van der Waals surface area contributed by atoms with Crippen molar-refractivity contribution in [1.82, 2.24) is 15.3 Å². The third-order valence-corrected chi connectivity index (χ3v) is 8.07. The molecule has 1 aromatic carbocycles. The van der Waals surface area contributed by atoms with Gasteiger partial charge in [0.05, 0.1) is 22.4 Å². The van der Waals surface area contributed by atoms with Gasteiger partial charge in [-0.05, 0) is 71.7 Å². The van der Waals surface area contributed by atoms with Gasteiger partial charge in [-0.3, -0.25) is 4.79 Å². The van der Waals surface area contributed by atoms with Gasteiger partial charge in [0.15, 0.2) is 11.6 Å². The molecule has 1 spiro atoms. The van der Waals surface area contributed by atoms with Crippen LogP contribution in [0.15, 0.2) is 23.9 Å². The smallest absolute Gasteiger partial charge is 0.163 e. The number of halogens is 1. The van der Waals surface area contributed by atoms with Crippen LogP contribution in [0.1, 0.15) is 50.8 Å². The van der Waals surface area contributed by atoms with Gasteiger partial charge >= 0.3 is 0 Å². The number of anilines is 1. The fourth-order valence-electron chi connectivity index (χ4n) is 5.65. The Balaban J connectivity index is 1.72. The summed E-state index contributed by atoms with van der Waals surface area (Å²) in [5.41, 5.74) is 8.94. The highest BCUT2D eigenvalue weighted by Gasteiger charge is 2.46. The van der Waals surface area contributed by atoms with Gasteiger partial charge in [0.25, 0.3) is 0 Å². The molecule has 39 heavy (non-hydrogen) atoms. The number of ketones is 1. The normalized spacial score (nSPS) is 18.2. The highest BCUT2D eigenvalue weighted by atomic mass is 35.5. The molecule has 2 fully saturated rings. The van der Waals surface area contributed by atoms with Crippen LogP contribution in [0, 0.1) is 29.6 Å². The Kier molecular flexibility index (Phi) is 8.80. The van der Waals surface area contributed by atoms with Crippen LogP contribution in [0.4, 0.5) is 5.82 Å². The van der Waals surface area contributed by atoms with Crippen molar-refractivity contribution in [3.8, 4) is 23.2 Å². The Morgan fingerprint density at radius 3 is 2.62 bits per heavy atom. The number of nitrogens with two attached hydrogens (primary N) is 1. The quantitative estimate of drug-likeness (QED) is 0.396. The first-order chi connectivity index (χ1) is 18.6. The van der Waals surface area contributed by atoms with Crippen molar-refractivity contribution in [2.24, 2.45) is 17.1 Å². The van der Waals surface area contributed by atoms with Crippen LogP contribution in [-0.2, 0) is 4.79 Å². The van der Waals surface area contributed by atoms with Gasteiger partial charge in [0, 0.05) is 47.8 Å². The number of hydrogen-bond donors (Lipinski definition) is 3. The van der Waals surface area contributed by atoms with Crippen molar-refractivity contribution in [3.05, 3.63) is 40.2 Å². The van der Waals surface area contributed by atoms with Crippen LogP contribution in [-0.4, -0.2) is 60.3 Å². The fourth-order valence-corrected chi connectivity index (χ4v) is 5.85. The van der Waals surface area contributed by atoms with E-state index in [-0.39, 0.29) is 23.7 Å². The minimum absolute atomic E-state index is 0.110. The first-order valence-corrected chi connectivity index (χ1v) is 13.7. The number of benzene rings is 1. The Labute approximate surface area is 235 Å². The zero-order valence-corrected chi connectivity index (χ0v) is 23.8. The summed E-state index contributed by atoms with van der Waals surface area (Å²) in [4.78, 5) is 24.6. The first-order valence-electron chi connectivity index (χ1n) is 13.3. The standard InChI is InChI=1S/C29H37ClN6O3/c1-17-26(25(18(2)32)19(3)37)34-27(23-11-22(5-6-24(23)30)39-14-21(38)13-33-4)35-28(17)36-15-29(16-36)9-7-20(12-31)8-10-29/h5-6,11,20-21,33,38H,7-10,13-16,32H2,1-4H3/t21-/m1/s1. The summed E-state index contributed by atoms with van der Waals surface area (Å²) >= 11 is 6.63. The Morgan fingerprint density at radius 1 is 1.33 bits per heavy atom. The Hall–Kier alpha value is -3.19. The number of ether oxygens (including phenoxy) is 1. The lowest BCUT2D eigenvalue weighted by Crippen LogP contribution is -2.58. The monoisotopic (exact) mass is 552 g/mol. The molecule has 0 bridgehead atoms. The topological polar surface area (TPSA) is 137 Å². The number of hydrogen-bond acceptors (Lipinski definition) is 9. The van der Waals surface area contributed by atoms with E-state index in [2.05, 4.69) is 16.3 Å². The SMILES string of the molecule is CNC[C@@H](O)COc1ccc(Cl)c(-c2nc(C(C(C)=O)=C(C)N)c(C)c(N3CC4(CCC(C#N)CC4)C3)n2)c1. The number of Topliss-reactive ketones (excluding diaryl/α,β-unsaturated/α-hetero) is 1. The highest BCUT2D eigenvalue weighted by molar-refractivity contribution is 6.33. The molecule has 1 saturated carbocycles. The maximum atomic E-state index is 12.7. The number of nitrogens with zero attached hydrogens (tertiary/aromatic N) is 4. The largest absolute Gasteiger partial charge is 0.491 e. The van der Waals surface area contributed by atoms with Gasteiger partial charge in [-0.2, -0.15) is 5.26 Å². The second kappa shape index (κ2) is 11.9. The van der Waals surface area contributed by atoms with Crippen LogP contribution in [0.2, 0.25) is 5.02 Å². The molecular weight excluding hydrogens is 516 g/mol. The molecule has 1 aromatic heterocycles. The van der Waals surface area contributed by atoms with E-state index < -0.39 is 6.10 Å². The van der Waals surface area contributed by atoms with E-state index in [4.69, 9.17) is 32.0 Å². The predicted octanol–water partition coefficient (Wildman–Crippen LogP) is 3.86. The molecule has 2 aliphatic rings. The number of carbonyl (C=O) groups is 1. The van der Waals surface area contributed by atoms with E-state index >= 15 is 0 Å². The molecule has 10 heteroatoms. The first kappa shape index (κ1) is 28.8. The summed E-state index contributed by atoms with van der Waals surface area (Å²) in [7, 11) is 1.76. The van der Waals surface area contributed by atoms with Crippen molar-refractivity contribution in [3.63, 3.8) is 0 Å². The molecule has 0 radical (unpaired) electrons. The number of aliphatic hydroxyl groups is 1. The minimum atomic E-state index is -0.666. The summed E-state index contributed by atoms with van der Waals surface area (Å²) < 4.78 is 5.80. The molecule has 1 atom stereocenters. The van der Waals surface area contributed by atoms with Gasteiger partial charge in [-0.25, -0.2) is 9.97 Å². The van der Waals surface area contributed by atoms with Gasteiger partial charge < -0.3 is 25.8 Å². The van der Waals surface area contributed by atoms with Crippen LogP contribution < -0.4 is 20.7 Å². The maximum Gasteiger partial charge on any atom is 0.163 e. The second-order valence-corrected chi connectivity index (χ2v) is 11.3. The number of likely N-dealkylation sites (N-methyl/N-ethyl adjacent to an activating group) is 1. The third-order valence-electron chi connectivity index (χ3n) is 7.75. The second-order valence-electron chi connectivity index (χ2n) is 10.9. The van der Waals surface area contributed by atoms with E-state index in [0.717, 1.165) is 50.2 Å². The maximum absolute atomic E-state index is 12.7. The van der Waals surface area contributed by atoms with Gasteiger partial charge in [0.1, 0.15) is 24.3 Å². The van der Waals surface area contributed by atoms with Crippen LogP contribution in [0.5, 0.6) is 5.75 Å². The molecule has 1 aliphatic heterocycles. The number of nitrogens with one attached hydrogen (secondary N) is 1. The van der Waals surface area contributed by atoms with E-state index in [1.165, 1.54) is 6.92 Å². The molecule has 4 rings (SSSR count). The number of allylic oxidation sites excluding steroid dienone is 2. The number of nitriles is 1. The van der Waals surface area contributed by atoms with Crippen molar-refractivity contribution in [2.75, 3.05) is 38.2 Å². The lowest BCUT2D eigenvalue weighted by molar-refractivity contribution is -0.111. The van der Waals surface area contributed by atoms with E-state index in [9.17, 15) is 15.2 Å². The zero-order valence-electron chi connectivity index (χ0n) is 23.1. The molecule has 1 saturated heterocycles. The average Bonchev–Trinajstić information content (AvgIpc) is 2.88. The molecule has 0 amide bonds. The molecule has 4 N–H and O–H groups in total.